The van der Waals surface area contributed by atoms with Crippen LogP contribution in [0.2, 0.25) is 0 Å². The van der Waals surface area contributed by atoms with Gasteiger partial charge >= 0.3 is 0 Å². The molecule has 0 aliphatic carbocycles. The average Bonchev–Trinajstić information content (AvgIpc) is 2.03. The first kappa shape index (κ1) is 7.60. The molecule has 11 heavy (non-hydrogen) atoms. The van der Waals surface area contributed by atoms with Crippen LogP contribution < -0.4 is 0 Å². The Morgan fingerprint density at radius 1 is 1.64 bits per heavy atom. The Bertz CT molecular complexity index is 294. The van der Waals surface area contributed by atoms with E-state index in [9.17, 15) is 9.59 Å². The lowest BCUT2D eigenvalue weighted by Crippen LogP contribution is -2.00. The Kier molecular flexibility index (Phi) is 2.11. The summed E-state index contributed by atoms with van der Waals surface area (Å²) in [7, 11) is 0. The molecule has 1 aromatic rings. The van der Waals surface area contributed by atoms with Crippen molar-refractivity contribution in [2.75, 3.05) is 0 Å². The summed E-state index contributed by atoms with van der Waals surface area (Å²) >= 11 is 0. The van der Waals surface area contributed by atoms with E-state index in [1.54, 1.807) is 13.0 Å². The number of aryl methyl sites for hydroxylation is 1. The van der Waals surface area contributed by atoms with Gasteiger partial charge < -0.3 is 0 Å². The van der Waals surface area contributed by atoms with E-state index in [0.29, 0.717) is 11.8 Å². The molecule has 0 unspecified atom stereocenters. The number of Topliss-reactive ketones (excluding diaryl/α,β-unsaturated/α-hetero) is 1. The van der Waals surface area contributed by atoms with Gasteiger partial charge in [0.1, 0.15) is 0 Å². The molecule has 0 saturated heterocycles. The fraction of sp³-hybridized carbons (Fsp3) is 0.125. The third-order valence-corrected chi connectivity index (χ3v) is 1.29. The molecule has 0 saturated carbocycles. The lowest BCUT2D eigenvalue weighted by Gasteiger charge is -1.93. The third-order valence-electron chi connectivity index (χ3n) is 1.29. The predicted molar refractivity (Wildman–Crippen MR) is 39.4 cm³/mol. The maximum Gasteiger partial charge on any atom is 0.225 e. The van der Waals surface area contributed by atoms with Crippen LogP contribution in [0.1, 0.15) is 16.1 Å². The van der Waals surface area contributed by atoms with Crippen LogP contribution in [0, 0.1) is 6.92 Å². The number of carbonyl (C=O) groups is 2. The minimum atomic E-state index is -0.504. The molecule has 56 valence electrons. The fourth-order valence-electron chi connectivity index (χ4n) is 0.767. The van der Waals surface area contributed by atoms with Crippen molar-refractivity contribution in [3.63, 3.8) is 0 Å². The maximum absolute atomic E-state index is 10.8. The molecule has 0 radical (unpaired) electrons. The van der Waals surface area contributed by atoms with Crippen molar-refractivity contribution in [1.82, 2.24) is 4.98 Å². The van der Waals surface area contributed by atoms with E-state index in [4.69, 9.17) is 0 Å². The van der Waals surface area contributed by atoms with Gasteiger partial charge in [0.05, 0.1) is 0 Å². The molecule has 1 heterocycles. The number of nitrogens with zero attached hydrogens (tertiary/aromatic N) is 1. The van der Waals surface area contributed by atoms with Crippen LogP contribution in [-0.2, 0) is 4.79 Å². The molecule has 3 nitrogen and oxygen atoms in total. The molecule has 0 aliphatic heterocycles. The molecule has 0 atom stereocenters. The van der Waals surface area contributed by atoms with E-state index in [1.165, 1.54) is 12.3 Å². The number of carbonyl (C=O) groups excluding carboxylic acids is 2. The summed E-state index contributed by atoms with van der Waals surface area (Å²) < 4.78 is 0. The summed E-state index contributed by atoms with van der Waals surface area (Å²) in [5, 5.41) is 0. The third kappa shape index (κ3) is 1.70. The first-order valence-electron chi connectivity index (χ1n) is 3.16. The summed E-state index contributed by atoms with van der Waals surface area (Å²) in [6.45, 7) is 1.77. The summed E-state index contributed by atoms with van der Waals surface area (Å²) in [5.74, 6) is -0.504. The maximum atomic E-state index is 10.8. The van der Waals surface area contributed by atoms with Gasteiger partial charge in [-0.15, -0.1) is 0 Å². The van der Waals surface area contributed by atoms with Gasteiger partial charge in [-0.2, -0.15) is 0 Å². The first-order chi connectivity index (χ1) is 5.24. The van der Waals surface area contributed by atoms with Gasteiger partial charge in [0, 0.05) is 17.5 Å². The molecular formula is C8H7NO2. The van der Waals surface area contributed by atoms with Gasteiger partial charge in [-0.1, -0.05) is 0 Å². The van der Waals surface area contributed by atoms with Gasteiger partial charge in [0.15, 0.2) is 6.29 Å². The molecule has 0 amide bonds. The van der Waals surface area contributed by atoms with Gasteiger partial charge in [-0.3, -0.25) is 14.6 Å². The van der Waals surface area contributed by atoms with Crippen molar-refractivity contribution < 1.29 is 9.59 Å². The second-order valence-corrected chi connectivity index (χ2v) is 2.17. The van der Waals surface area contributed by atoms with Crippen LogP contribution in [0.3, 0.4) is 0 Å². The molecule has 1 rings (SSSR count). The largest absolute Gasteiger partial charge is 0.294 e. The highest BCUT2D eigenvalue weighted by atomic mass is 16.2. The van der Waals surface area contributed by atoms with Crippen molar-refractivity contribution in [1.29, 1.82) is 0 Å². The second kappa shape index (κ2) is 3.05. The Balaban J connectivity index is 3.05. The van der Waals surface area contributed by atoms with Crippen molar-refractivity contribution in [3.05, 3.63) is 29.6 Å². The Labute approximate surface area is 64.1 Å². The predicted octanol–water partition coefficient (Wildman–Crippen LogP) is 0.772. The lowest BCUT2D eigenvalue weighted by atomic mass is 10.2. The second-order valence-electron chi connectivity index (χ2n) is 2.17. The lowest BCUT2D eigenvalue weighted by molar-refractivity contribution is -0.104. The standard InChI is InChI=1S/C8H7NO2/c1-6-4-7(2-3-9-6)8(11)5-10/h2-5H,1H3. The molecule has 0 bridgehead atoms. The highest BCUT2D eigenvalue weighted by molar-refractivity contribution is 6.33. The number of hydrogen-bond acceptors (Lipinski definition) is 3. The first-order valence-corrected chi connectivity index (χ1v) is 3.16. The van der Waals surface area contributed by atoms with Crippen molar-refractivity contribution in [3.8, 4) is 0 Å². The normalized spacial score (nSPS) is 9.18. The smallest absolute Gasteiger partial charge is 0.225 e. The van der Waals surface area contributed by atoms with Crippen LogP contribution in [0.15, 0.2) is 18.3 Å². The Hall–Kier alpha value is -1.51. The van der Waals surface area contributed by atoms with E-state index >= 15 is 0 Å². The minimum Gasteiger partial charge on any atom is -0.294 e. The number of aromatic nitrogens is 1. The summed E-state index contributed by atoms with van der Waals surface area (Å²) in [6.07, 6.45) is 1.81. The van der Waals surface area contributed by atoms with Crippen molar-refractivity contribution in [2.24, 2.45) is 0 Å². The van der Waals surface area contributed by atoms with E-state index in [1.807, 2.05) is 0 Å². The Morgan fingerprint density at radius 2 is 2.36 bits per heavy atom. The molecular weight excluding hydrogens is 142 g/mol. The topological polar surface area (TPSA) is 47.0 Å². The number of pyridine rings is 1. The number of rotatable bonds is 2. The van der Waals surface area contributed by atoms with Crippen molar-refractivity contribution in [2.45, 2.75) is 6.92 Å². The fourth-order valence-corrected chi connectivity index (χ4v) is 0.767. The van der Waals surface area contributed by atoms with Crippen LogP contribution in [-0.4, -0.2) is 17.1 Å². The minimum absolute atomic E-state index is 0.300. The van der Waals surface area contributed by atoms with E-state index in [-0.39, 0.29) is 0 Å². The number of aldehydes is 1. The van der Waals surface area contributed by atoms with E-state index < -0.39 is 5.78 Å². The van der Waals surface area contributed by atoms with Gasteiger partial charge in [0.25, 0.3) is 0 Å². The summed E-state index contributed by atoms with van der Waals surface area (Å²) in [5.41, 5.74) is 1.13. The van der Waals surface area contributed by atoms with Crippen LogP contribution >= 0.6 is 0 Å². The van der Waals surface area contributed by atoms with E-state index in [2.05, 4.69) is 4.98 Å². The molecule has 0 N–H and O–H groups in total. The molecule has 0 spiro atoms. The zero-order chi connectivity index (χ0) is 8.27. The quantitative estimate of drug-likeness (QED) is 0.354. The SMILES string of the molecule is Cc1cc(C(=O)C=O)ccn1. The number of hydrogen-bond donors (Lipinski definition) is 0. The highest BCUT2D eigenvalue weighted by Gasteiger charge is 2.02. The molecule has 3 heteroatoms. The van der Waals surface area contributed by atoms with Crippen LogP contribution in [0.5, 0.6) is 0 Å². The highest BCUT2D eigenvalue weighted by Crippen LogP contribution is 1.99. The molecule has 0 aliphatic rings. The van der Waals surface area contributed by atoms with Crippen molar-refractivity contribution >= 4 is 12.1 Å². The van der Waals surface area contributed by atoms with Gasteiger partial charge in [-0.25, -0.2) is 0 Å². The Morgan fingerprint density at radius 3 is 2.91 bits per heavy atom. The molecule has 0 aromatic carbocycles. The summed E-state index contributed by atoms with van der Waals surface area (Å²) in [4.78, 5) is 24.7. The van der Waals surface area contributed by atoms with Crippen LogP contribution in [0.4, 0.5) is 0 Å². The van der Waals surface area contributed by atoms with Crippen LogP contribution in [0.25, 0.3) is 0 Å². The number of ketones is 1. The summed E-state index contributed by atoms with van der Waals surface area (Å²) in [6, 6.07) is 3.10. The molecule has 0 fully saturated rings. The van der Waals surface area contributed by atoms with Gasteiger partial charge in [-0.05, 0) is 19.1 Å². The molecule has 1 aromatic heterocycles. The zero-order valence-electron chi connectivity index (χ0n) is 6.07. The monoisotopic (exact) mass is 149 g/mol. The zero-order valence-corrected chi connectivity index (χ0v) is 6.07. The van der Waals surface area contributed by atoms with E-state index in [0.717, 1.165) is 5.69 Å². The average molecular weight is 149 g/mol. The van der Waals surface area contributed by atoms with Gasteiger partial charge in [0.2, 0.25) is 5.78 Å².